The maximum absolute atomic E-state index is 13.1. The summed E-state index contributed by atoms with van der Waals surface area (Å²) >= 11 is 0. The lowest BCUT2D eigenvalue weighted by Crippen LogP contribution is -2.30. The van der Waals surface area contributed by atoms with E-state index in [2.05, 4.69) is 4.98 Å². The minimum absolute atomic E-state index is 0.164. The Labute approximate surface area is 156 Å². The molecule has 0 unspecified atom stereocenters. The first-order valence-electron chi connectivity index (χ1n) is 8.75. The number of hydrogen-bond acceptors (Lipinski definition) is 3. The number of benzene rings is 2. The molecule has 0 bridgehead atoms. The van der Waals surface area contributed by atoms with E-state index >= 15 is 0 Å². The highest BCUT2D eigenvalue weighted by Gasteiger charge is 2.14. The highest BCUT2D eigenvalue weighted by Crippen LogP contribution is 2.20. The molecule has 1 heterocycles. The van der Waals surface area contributed by atoms with Gasteiger partial charge in [0.1, 0.15) is 11.6 Å². The summed E-state index contributed by atoms with van der Waals surface area (Å²) in [4.78, 5) is 28.9. The second-order valence-corrected chi connectivity index (χ2v) is 6.31. The van der Waals surface area contributed by atoms with Gasteiger partial charge in [0, 0.05) is 29.9 Å². The number of halogens is 1. The summed E-state index contributed by atoms with van der Waals surface area (Å²) in [5.74, 6) is 0.226. The van der Waals surface area contributed by atoms with Gasteiger partial charge in [-0.05, 0) is 48.9 Å². The maximum Gasteiger partial charge on any atom is 0.253 e. The number of nitrogens with one attached hydrogen (secondary N) is 1. The molecule has 5 nitrogen and oxygen atoms in total. The predicted octanol–water partition coefficient (Wildman–Crippen LogP) is 3.61. The van der Waals surface area contributed by atoms with Gasteiger partial charge in [0.2, 0.25) is 5.91 Å². The van der Waals surface area contributed by atoms with E-state index < -0.39 is 0 Å². The van der Waals surface area contributed by atoms with Crippen LogP contribution in [0.4, 0.5) is 4.39 Å². The normalized spacial score (nSPS) is 10.8. The first-order valence-corrected chi connectivity index (χ1v) is 8.75. The van der Waals surface area contributed by atoms with Crippen LogP contribution in [0.1, 0.15) is 25.0 Å². The first kappa shape index (κ1) is 18.6. The molecule has 2 aromatic carbocycles. The molecule has 0 radical (unpaired) electrons. The molecular formula is C21H21FN2O3. The van der Waals surface area contributed by atoms with Crippen molar-refractivity contribution in [2.75, 3.05) is 6.61 Å². The zero-order valence-corrected chi connectivity index (χ0v) is 15.3. The van der Waals surface area contributed by atoms with E-state index in [1.165, 1.54) is 19.1 Å². The third-order valence-electron chi connectivity index (χ3n) is 4.30. The third-order valence-corrected chi connectivity index (χ3v) is 4.30. The van der Waals surface area contributed by atoms with Gasteiger partial charge in [-0.15, -0.1) is 0 Å². The molecule has 1 amide bonds. The van der Waals surface area contributed by atoms with Crippen molar-refractivity contribution >= 4 is 16.8 Å². The van der Waals surface area contributed by atoms with Crippen molar-refractivity contribution in [2.45, 2.75) is 26.9 Å². The van der Waals surface area contributed by atoms with Gasteiger partial charge in [-0.1, -0.05) is 12.1 Å². The van der Waals surface area contributed by atoms with Crippen LogP contribution in [-0.2, 0) is 17.9 Å². The lowest BCUT2D eigenvalue weighted by molar-refractivity contribution is -0.130. The van der Waals surface area contributed by atoms with E-state index in [0.29, 0.717) is 24.2 Å². The molecule has 140 valence electrons. The van der Waals surface area contributed by atoms with Crippen LogP contribution in [0.3, 0.4) is 0 Å². The quantitative estimate of drug-likeness (QED) is 0.723. The fourth-order valence-corrected chi connectivity index (χ4v) is 2.90. The Balaban J connectivity index is 1.89. The molecule has 0 atom stereocenters. The lowest BCUT2D eigenvalue weighted by atomic mass is 10.1. The van der Waals surface area contributed by atoms with Gasteiger partial charge in [-0.3, -0.25) is 9.59 Å². The molecule has 0 aliphatic carbocycles. The topological polar surface area (TPSA) is 62.4 Å². The Morgan fingerprint density at radius 1 is 1.11 bits per heavy atom. The fourth-order valence-electron chi connectivity index (χ4n) is 2.90. The van der Waals surface area contributed by atoms with E-state index in [1.807, 2.05) is 13.0 Å². The van der Waals surface area contributed by atoms with E-state index in [1.54, 1.807) is 35.2 Å². The number of aromatic nitrogens is 1. The van der Waals surface area contributed by atoms with Crippen LogP contribution < -0.4 is 10.3 Å². The van der Waals surface area contributed by atoms with E-state index in [4.69, 9.17) is 4.74 Å². The Hall–Kier alpha value is -3.15. The van der Waals surface area contributed by atoms with E-state index in [0.717, 1.165) is 16.7 Å². The summed E-state index contributed by atoms with van der Waals surface area (Å²) < 4.78 is 18.6. The van der Waals surface area contributed by atoms with Crippen LogP contribution >= 0.6 is 0 Å². The highest BCUT2D eigenvalue weighted by atomic mass is 19.1. The average molecular weight is 368 g/mol. The number of ether oxygens (including phenoxy) is 1. The number of amides is 1. The van der Waals surface area contributed by atoms with Crippen LogP contribution in [0.5, 0.6) is 5.75 Å². The molecule has 3 aromatic rings. The third kappa shape index (κ3) is 4.53. The number of pyridine rings is 1. The molecule has 0 aliphatic rings. The van der Waals surface area contributed by atoms with Crippen molar-refractivity contribution in [1.29, 1.82) is 0 Å². The number of nitrogens with zero attached hydrogens (tertiary/aromatic N) is 1. The molecule has 0 saturated carbocycles. The van der Waals surface area contributed by atoms with Gasteiger partial charge >= 0.3 is 0 Å². The van der Waals surface area contributed by atoms with Gasteiger partial charge in [0.25, 0.3) is 5.56 Å². The summed E-state index contributed by atoms with van der Waals surface area (Å²) in [6.07, 6.45) is 0. The minimum atomic E-state index is -0.329. The van der Waals surface area contributed by atoms with Crippen LogP contribution in [0.2, 0.25) is 0 Å². The van der Waals surface area contributed by atoms with Crippen molar-refractivity contribution in [1.82, 2.24) is 9.88 Å². The molecule has 1 N–H and O–H groups in total. The van der Waals surface area contributed by atoms with Gasteiger partial charge in [-0.25, -0.2) is 4.39 Å². The number of hydrogen-bond donors (Lipinski definition) is 1. The van der Waals surface area contributed by atoms with Crippen LogP contribution in [0.15, 0.2) is 53.3 Å². The molecular weight excluding hydrogens is 347 g/mol. The average Bonchev–Trinajstić information content (AvgIpc) is 2.64. The molecule has 0 saturated heterocycles. The Kier molecular flexibility index (Phi) is 5.54. The van der Waals surface area contributed by atoms with Crippen LogP contribution in [0.25, 0.3) is 10.9 Å². The number of fused-ring (bicyclic) bond motifs is 1. The first-order chi connectivity index (χ1) is 13.0. The summed E-state index contributed by atoms with van der Waals surface area (Å²) in [6.45, 7) is 4.37. The zero-order chi connectivity index (χ0) is 19.4. The van der Waals surface area contributed by atoms with E-state index in [9.17, 15) is 14.0 Å². The number of carbonyl (C=O) groups is 1. The van der Waals surface area contributed by atoms with Gasteiger partial charge in [0.05, 0.1) is 13.2 Å². The SMILES string of the molecule is CCOc1ccc2[nH]c(=O)c(CN(Cc3ccc(F)cc3)C(C)=O)cc2c1. The standard InChI is InChI=1S/C21H21FN2O3/c1-3-27-19-8-9-20-16(11-19)10-17(21(26)23-20)13-24(14(2)25)12-15-4-6-18(22)7-5-15/h4-11H,3,12-13H2,1-2H3,(H,23,26). The van der Waals surface area contributed by atoms with Crippen LogP contribution in [-0.4, -0.2) is 22.4 Å². The predicted molar refractivity (Wildman–Crippen MR) is 102 cm³/mol. The summed E-state index contributed by atoms with van der Waals surface area (Å²) in [6, 6.07) is 13.2. The smallest absolute Gasteiger partial charge is 0.253 e. The number of aromatic amines is 1. The molecule has 27 heavy (non-hydrogen) atoms. The molecule has 6 heteroatoms. The maximum atomic E-state index is 13.1. The summed E-state index contributed by atoms with van der Waals surface area (Å²) in [5.41, 5.74) is 1.74. The highest BCUT2D eigenvalue weighted by molar-refractivity contribution is 5.80. The van der Waals surface area contributed by atoms with Gasteiger partial charge in [-0.2, -0.15) is 0 Å². The summed E-state index contributed by atoms with van der Waals surface area (Å²) in [7, 11) is 0. The molecule has 0 fully saturated rings. The number of carbonyl (C=O) groups excluding carboxylic acids is 1. The minimum Gasteiger partial charge on any atom is -0.494 e. The number of H-pyrrole nitrogens is 1. The fraction of sp³-hybridized carbons (Fsp3) is 0.238. The van der Waals surface area contributed by atoms with Crippen molar-refractivity contribution in [2.24, 2.45) is 0 Å². The second-order valence-electron chi connectivity index (χ2n) is 6.31. The lowest BCUT2D eigenvalue weighted by Gasteiger charge is -2.21. The second kappa shape index (κ2) is 8.03. The number of rotatable bonds is 6. The summed E-state index contributed by atoms with van der Waals surface area (Å²) in [5, 5.41) is 0.834. The monoisotopic (exact) mass is 368 g/mol. The van der Waals surface area contributed by atoms with E-state index in [-0.39, 0.29) is 23.8 Å². The zero-order valence-electron chi connectivity index (χ0n) is 15.3. The largest absolute Gasteiger partial charge is 0.494 e. The Morgan fingerprint density at radius 2 is 1.85 bits per heavy atom. The Bertz CT molecular complexity index is 1010. The molecule has 1 aromatic heterocycles. The molecule has 0 aliphatic heterocycles. The van der Waals surface area contributed by atoms with Gasteiger partial charge < -0.3 is 14.6 Å². The van der Waals surface area contributed by atoms with Crippen molar-refractivity contribution in [3.05, 3.63) is 75.8 Å². The Morgan fingerprint density at radius 3 is 2.52 bits per heavy atom. The van der Waals surface area contributed by atoms with Crippen molar-refractivity contribution in [3.8, 4) is 5.75 Å². The molecule has 3 rings (SSSR count). The molecule has 0 spiro atoms. The van der Waals surface area contributed by atoms with Crippen molar-refractivity contribution < 1.29 is 13.9 Å². The van der Waals surface area contributed by atoms with Crippen LogP contribution in [0, 0.1) is 5.82 Å². The van der Waals surface area contributed by atoms with Crippen molar-refractivity contribution in [3.63, 3.8) is 0 Å². The van der Waals surface area contributed by atoms with Gasteiger partial charge in [0.15, 0.2) is 0 Å².